The molecule has 1 aromatic heterocycles. The fraction of sp³-hybridized carbons (Fsp3) is 0.500. The van der Waals surface area contributed by atoms with Gasteiger partial charge in [0.1, 0.15) is 6.04 Å². The number of nitrogens with zero attached hydrogens (tertiary/aromatic N) is 5. The van der Waals surface area contributed by atoms with Gasteiger partial charge in [0.15, 0.2) is 5.69 Å². The van der Waals surface area contributed by atoms with Gasteiger partial charge in [0.25, 0.3) is 11.8 Å². The Morgan fingerprint density at radius 1 is 1.17 bits per heavy atom. The number of carbonyl (C=O) groups is 4. The van der Waals surface area contributed by atoms with Crippen molar-refractivity contribution in [2.24, 2.45) is 0 Å². The quantitative estimate of drug-likeness (QED) is 0.596. The first-order chi connectivity index (χ1) is 16.9. The van der Waals surface area contributed by atoms with E-state index in [0.29, 0.717) is 29.8 Å². The Morgan fingerprint density at radius 2 is 2.00 bits per heavy atom. The van der Waals surface area contributed by atoms with Gasteiger partial charge in [-0.1, -0.05) is 5.21 Å². The largest absolute Gasteiger partial charge is 0.347 e. The summed E-state index contributed by atoms with van der Waals surface area (Å²) >= 11 is 0. The van der Waals surface area contributed by atoms with Gasteiger partial charge in [-0.05, 0) is 56.4 Å². The van der Waals surface area contributed by atoms with Crippen molar-refractivity contribution in [2.45, 2.75) is 69.7 Å². The third-order valence-corrected chi connectivity index (χ3v) is 7.47. The molecule has 3 atom stereocenters. The normalized spacial score (nSPS) is 26.7. The van der Waals surface area contributed by atoms with E-state index in [1.165, 1.54) is 22.4 Å². The third-order valence-electron chi connectivity index (χ3n) is 7.47. The minimum atomic E-state index is -0.660. The zero-order valence-electron chi connectivity index (χ0n) is 19.4. The number of benzene rings is 1. The van der Waals surface area contributed by atoms with Crippen LogP contribution in [-0.2, 0) is 16.1 Å². The Balaban J connectivity index is 1.14. The van der Waals surface area contributed by atoms with E-state index in [0.717, 1.165) is 18.5 Å². The predicted molar refractivity (Wildman–Crippen MR) is 122 cm³/mol. The van der Waals surface area contributed by atoms with E-state index in [2.05, 4.69) is 32.8 Å². The Morgan fingerprint density at radius 3 is 2.77 bits per heavy atom. The smallest absolute Gasteiger partial charge is 0.273 e. The van der Waals surface area contributed by atoms with Gasteiger partial charge in [0.2, 0.25) is 11.8 Å². The van der Waals surface area contributed by atoms with Crippen LogP contribution in [0, 0.1) is 0 Å². The number of carbonyl (C=O) groups excluding carboxylic acids is 4. The van der Waals surface area contributed by atoms with Crippen LogP contribution >= 0.6 is 0 Å². The van der Waals surface area contributed by atoms with E-state index in [4.69, 9.17) is 0 Å². The number of hydrogen-bond acceptors (Lipinski definition) is 7. The van der Waals surface area contributed by atoms with E-state index < -0.39 is 11.9 Å². The summed E-state index contributed by atoms with van der Waals surface area (Å²) in [5.74, 6) is -1.23. The van der Waals surface area contributed by atoms with E-state index in [1.54, 1.807) is 18.3 Å². The van der Waals surface area contributed by atoms with Crippen molar-refractivity contribution in [3.05, 3.63) is 41.2 Å². The van der Waals surface area contributed by atoms with Crippen molar-refractivity contribution >= 4 is 23.6 Å². The van der Waals surface area contributed by atoms with Crippen molar-refractivity contribution < 1.29 is 19.2 Å². The van der Waals surface area contributed by atoms with Gasteiger partial charge < -0.3 is 10.2 Å². The lowest BCUT2D eigenvalue weighted by Gasteiger charge is -2.29. The molecule has 3 unspecified atom stereocenters. The molecule has 4 heterocycles. The molecule has 6 rings (SSSR count). The number of hydrogen-bond donors (Lipinski definition) is 2. The molecular formula is C24H27N7O4. The Bertz CT molecular complexity index is 1240. The lowest BCUT2D eigenvalue weighted by atomic mass is 10.0. The summed E-state index contributed by atoms with van der Waals surface area (Å²) < 4.78 is 1.52. The van der Waals surface area contributed by atoms with Gasteiger partial charge in [-0.25, -0.2) is 4.68 Å². The Hall–Kier alpha value is -3.60. The number of rotatable bonds is 5. The molecule has 4 amide bonds. The number of piperidine rings is 1. The molecule has 35 heavy (non-hydrogen) atoms. The zero-order valence-corrected chi connectivity index (χ0v) is 19.4. The van der Waals surface area contributed by atoms with Crippen molar-refractivity contribution in [3.8, 4) is 5.69 Å². The lowest BCUT2D eigenvalue weighted by molar-refractivity contribution is -0.136. The van der Waals surface area contributed by atoms with E-state index in [1.807, 2.05) is 6.07 Å². The monoisotopic (exact) mass is 477 g/mol. The van der Waals surface area contributed by atoms with Gasteiger partial charge in [-0.3, -0.25) is 29.4 Å². The Kier molecular flexibility index (Phi) is 5.17. The second kappa shape index (κ2) is 8.26. The molecule has 2 aromatic rings. The first kappa shape index (κ1) is 21.9. The molecule has 11 heteroatoms. The maximum Gasteiger partial charge on any atom is 0.273 e. The second-order valence-electron chi connectivity index (χ2n) is 9.97. The minimum absolute atomic E-state index is 0.104. The molecule has 0 bridgehead atoms. The highest BCUT2D eigenvalue weighted by Gasteiger charge is 2.40. The average molecular weight is 478 g/mol. The first-order valence-electron chi connectivity index (χ1n) is 12.1. The fourth-order valence-electron chi connectivity index (χ4n) is 5.53. The maximum absolute atomic E-state index is 12.9. The van der Waals surface area contributed by atoms with Gasteiger partial charge in [0.05, 0.1) is 11.9 Å². The average Bonchev–Trinajstić information content (AvgIpc) is 3.28. The summed E-state index contributed by atoms with van der Waals surface area (Å²) in [6, 6.07) is 5.85. The van der Waals surface area contributed by atoms with Crippen molar-refractivity contribution in [3.63, 3.8) is 0 Å². The van der Waals surface area contributed by atoms with Gasteiger partial charge >= 0.3 is 0 Å². The standard InChI is InChI=1S/C24H27N7O4/c1-13-8-15(11-29(13)16-2-3-16)25-22(33)19-12-31(28-27-19)17-4-5-18-14(9-17)10-30(24(18)35)20-6-7-21(32)26-23(20)34/h4-5,9,12-13,15-16,20H,2-3,6-8,10-11H2,1H3,(H,25,33)(H,26,32,34). The highest BCUT2D eigenvalue weighted by molar-refractivity contribution is 6.05. The minimum Gasteiger partial charge on any atom is -0.347 e. The van der Waals surface area contributed by atoms with Crippen LogP contribution in [0.5, 0.6) is 0 Å². The molecule has 0 spiro atoms. The van der Waals surface area contributed by atoms with Crippen LogP contribution in [0.25, 0.3) is 5.69 Å². The van der Waals surface area contributed by atoms with Crippen molar-refractivity contribution in [1.29, 1.82) is 0 Å². The molecule has 182 valence electrons. The van der Waals surface area contributed by atoms with Crippen molar-refractivity contribution in [1.82, 2.24) is 35.4 Å². The van der Waals surface area contributed by atoms with Crippen LogP contribution in [0.15, 0.2) is 24.4 Å². The molecular weight excluding hydrogens is 450 g/mol. The third kappa shape index (κ3) is 3.99. The number of likely N-dealkylation sites (tertiary alicyclic amines) is 1. The summed E-state index contributed by atoms with van der Waals surface area (Å²) in [6.45, 7) is 3.35. The molecule has 0 radical (unpaired) electrons. The first-order valence-corrected chi connectivity index (χ1v) is 12.1. The van der Waals surface area contributed by atoms with Crippen LogP contribution in [0.2, 0.25) is 0 Å². The zero-order chi connectivity index (χ0) is 24.3. The summed E-state index contributed by atoms with van der Waals surface area (Å²) in [5.41, 5.74) is 2.19. The molecule has 1 aliphatic carbocycles. The van der Waals surface area contributed by atoms with Crippen LogP contribution < -0.4 is 10.6 Å². The second-order valence-corrected chi connectivity index (χ2v) is 9.97. The highest BCUT2D eigenvalue weighted by atomic mass is 16.2. The highest BCUT2D eigenvalue weighted by Crippen LogP contribution is 2.33. The van der Waals surface area contributed by atoms with Crippen LogP contribution in [0.4, 0.5) is 0 Å². The van der Waals surface area contributed by atoms with Crippen molar-refractivity contribution in [2.75, 3.05) is 6.54 Å². The molecule has 2 N–H and O–H groups in total. The van der Waals surface area contributed by atoms with Crippen LogP contribution in [0.3, 0.4) is 0 Å². The van der Waals surface area contributed by atoms with E-state index in [9.17, 15) is 19.2 Å². The number of fused-ring (bicyclic) bond motifs is 1. The topological polar surface area (TPSA) is 130 Å². The van der Waals surface area contributed by atoms with Gasteiger partial charge in [0, 0.05) is 43.2 Å². The summed E-state index contributed by atoms with van der Waals surface area (Å²) in [4.78, 5) is 53.4. The van der Waals surface area contributed by atoms with Crippen LogP contribution in [-0.4, -0.2) is 79.1 Å². The fourth-order valence-corrected chi connectivity index (χ4v) is 5.53. The number of aromatic nitrogens is 3. The van der Waals surface area contributed by atoms with E-state index in [-0.39, 0.29) is 42.4 Å². The Labute approximate surface area is 201 Å². The maximum atomic E-state index is 12.9. The summed E-state index contributed by atoms with van der Waals surface area (Å²) in [6.07, 6.45) is 5.54. The van der Waals surface area contributed by atoms with E-state index >= 15 is 0 Å². The molecule has 3 fully saturated rings. The lowest BCUT2D eigenvalue weighted by Crippen LogP contribution is -2.52. The predicted octanol–water partition coefficient (Wildman–Crippen LogP) is 0.383. The number of imide groups is 1. The summed E-state index contributed by atoms with van der Waals surface area (Å²) in [5, 5.41) is 13.6. The number of nitrogens with one attached hydrogen (secondary N) is 2. The van der Waals surface area contributed by atoms with Crippen LogP contribution in [0.1, 0.15) is 65.4 Å². The van der Waals surface area contributed by atoms with Gasteiger partial charge in [-0.2, -0.15) is 0 Å². The molecule has 1 aromatic carbocycles. The van der Waals surface area contributed by atoms with Gasteiger partial charge in [-0.15, -0.1) is 5.10 Å². The molecule has 11 nitrogen and oxygen atoms in total. The summed E-state index contributed by atoms with van der Waals surface area (Å²) in [7, 11) is 0. The number of amides is 4. The molecule has 4 aliphatic rings. The SMILES string of the molecule is CC1CC(NC(=O)c2cn(-c3ccc4c(c3)CN(C3CCC(=O)NC3=O)C4=O)nn2)CN1C1CC1. The molecule has 1 saturated carbocycles. The molecule has 2 saturated heterocycles. The molecule has 3 aliphatic heterocycles.